The largest absolute Gasteiger partial charge is 0.462 e. The summed E-state index contributed by atoms with van der Waals surface area (Å²) in [6.07, 6.45) is -3.06. The number of carbonyl (C=O) groups is 1. The number of alkyl halides is 3. The molecule has 0 spiro atoms. The number of esters is 1. The van der Waals surface area contributed by atoms with Crippen LogP contribution in [0.2, 0.25) is 0 Å². The van der Waals surface area contributed by atoms with Crippen molar-refractivity contribution in [2.75, 3.05) is 11.9 Å². The number of halogens is 3. The Balaban J connectivity index is 1.81. The van der Waals surface area contributed by atoms with E-state index in [1.807, 2.05) is 0 Å². The van der Waals surface area contributed by atoms with Crippen molar-refractivity contribution in [1.29, 1.82) is 0 Å². The summed E-state index contributed by atoms with van der Waals surface area (Å²) in [6, 6.07) is 9.82. The average Bonchev–Trinajstić information content (AvgIpc) is 2.66. The van der Waals surface area contributed by atoms with Crippen LogP contribution in [0.15, 0.2) is 53.5 Å². The van der Waals surface area contributed by atoms with E-state index < -0.39 is 23.1 Å². The standard InChI is InChI=1S/C20H17F3N2O3/c1-2-28-19(27)16-11-25-17-8-7-14(9-15(17)18(16)26)24-10-12-3-5-13(6-4-12)20(21,22)23/h3-9,11,24H,2,10H2,1H3,(H,25,26). The third kappa shape index (κ3) is 4.16. The fourth-order valence-corrected chi connectivity index (χ4v) is 2.70. The Morgan fingerprint density at radius 2 is 1.86 bits per heavy atom. The first-order valence-electron chi connectivity index (χ1n) is 8.52. The lowest BCUT2D eigenvalue weighted by Crippen LogP contribution is -2.18. The van der Waals surface area contributed by atoms with Gasteiger partial charge in [-0.2, -0.15) is 13.2 Å². The molecule has 3 aromatic rings. The zero-order chi connectivity index (χ0) is 20.3. The molecule has 0 bridgehead atoms. The van der Waals surface area contributed by atoms with E-state index in [4.69, 9.17) is 4.74 Å². The van der Waals surface area contributed by atoms with Gasteiger partial charge >= 0.3 is 12.1 Å². The number of hydrogen-bond donors (Lipinski definition) is 2. The van der Waals surface area contributed by atoms with Crippen molar-refractivity contribution in [3.63, 3.8) is 0 Å². The molecule has 2 N–H and O–H groups in total. The van der Waals surface area contributed by atoms with Crippen LogP contribution in [0.25, 0.3) is 10.9 Å². The molecule has 3 rings (SSSR count). The SMILES string of the molecule is CCOC(=O)c1c[nH]c2ccc(NCc3ccc(C(F)(F)F)cc3)cc2c1=O. The summed E-state index contributed by atoms with van der Waals surface area (Å²) in [6.45, 7) is 2.08. The number of rotatable bonds is 5. The van der Waals surface area contributed by atoms with Crippen LogP contribution < -0.4 is 10.7 Å². The van der Waals surface area contributed by atoms with Gasteiger partial charge in [-0.05, 0) is 42.8 Å². The van der Waals surface area contributed by atoms with Crippen LogP contribution in [0.3, 0.4) is 0 Å². The van der Waals surface area contributed by atoms with Gasteiger partial charge in [-0.15, -0.1) is 0 Å². The third-order valence-electron chi connectivity index (χ3n) is 4.15. The molecule has 0 saturated carbocycles. The van der Waals surface area contributed by atoms with Crippen LogP contribution in [0, 0.1) is 0 Å². The molecule has 1 heterocycles. The second kappa shape index (κ2) is 7.75. The van der Waals surface area contributed by atoms with Gasteiger partial charge in [-0.3, -0.25) is 4.79 Å². The second-order valence-corrected chi connectivity index (χ2v) is 6.06. The normalized spacial score (nSPS) is 11.4. The molecular weight excluding hydrogens is 373 g/mol. The smallest absolute Gasteiger partial charge is 0.416 e. The molecule has 0 aliphatic rings. The van der Waals surface area contributed by atoms with E-state index in [9.17, 15) is 22.8 Å². The van der Waals surface area contributed by atoms with Crippen molar-refractivity contribution in [1.82, 2.24) is 4.98 Å². The number of benzene rings is 2. The molecule has 0 radical (unpaired) electrons. The Hall–Kier alpha value is -3.29. The molecule has 0 atom stereocenters. The van der Waals surface area contributed by atoms with Gasteiger partial charge in [0.05, 0.1) is 12.2 Å². The number of aromatic nitrogens is 1. The van der Waals surface area contributed by atoms with Crippen LogP contribution in [-0.2, 0) is 17.5 Å². The minimum atomic E-state index is -4.37. The molecule has 5 nitrogen and oxygen atoms in total. The summed E-state index contributed by atoms with van der Waals surface area (Å²) in [5.41, 5.74) is 0.555. The zero-order valence-corrected chi connectivity index (χ0v) is 14.9. The number of H-pyrrole nitrogens is 1. The molecule has 0 fully saturated rings. The highest BCUT2D eigenvalue weighted by atomic mass is 19.4. The summed E-state index contributed by atoms with van der Waals surface area (Å²) in [5, 5.41) is 3.37. The first-order chi connectivity index (χ1) is 13.3. The van der Waals surface area contributed by atoms with Gasteiger partial charge in [-0.1, -0.05) is 12.1 Å². The third-order valence-corrected chi connectivity index (χ3v) is 4.15. The predicted octanol–water partition coefficient (Wildman–Crippen LogP) is 4.34. The zero-order valence-electron chi connectivity index (χ0n) is 14.9. The van der Waals surface area contributed by atoms with Gasteiger partial charge in [0, 0.05) is 29.3 Å². The minimum Gasteiger partial charge on any atom is -0.462 e. The quantitative estimate of drug-likeness (QED) is 0.636. The topological polar surface area (TPSA) is 71.2 Å². The molecule has 0 aliphatic heterocycles. The van der Waals surface area contributed by atoms with Gasteiger partial charge in [0.25, 0.3) is 0 Å². The summed E-state index contributed by atoms with van der Waals surface area (Å²) < 4.78 is 42.7. The molecule has 28 heavy (non-hydrogen) atoms. The first kappa shape index (κ1) is 19.5. The molecule has 2 aromatic carbocycles. The Morgan fingerprint density at radius 1 is 1.14 bits per heavy atom. The lowest BCUT2D eigenvalue weighted by molar-refractivity contribution is -0.137. The Morgan fingerprint density at radius 3 is 2.50 bits per heavy atom. The summed E-state index contributed by atoms with van der Waals surface area (Å²) in [7, 11) is 0. The maximum Gasteiger partial charge on any atom is 0.416 e. The van der Waals surface area contributed by atoms with E-state index in [0.29, 0.717) is 22.2 Å². The summed E-state index contributed by atoms with van der Waals surface area (Å²) in [5.74, 6) is -0.700. The molecule has 0 unspecified atom stereocenters. The number of aromatic amines is 1. The number of pyridine rings is 1. The fourth-order valence-electron chi connectivity index (χ4n) is 2.70. The highest BCUT2D eigenvalue weighted by Crippen LogP contribution is 2.29. The van der Waals surface area contributed by atoms with Crippen molar-refractivity contribution in [3.05, 3.63) is 75.6 Å². The Bertz CT molecular complexity index is 1060. The monoisotopic (exact) mass is 390 g/mol. The van der Waals surface area contributed by atoms with Crippen LogP contribution in [0.4, 0.5) is 18.9 Å². The second-order valence-electron chi connectivity index (χ2n) is 6.06. The van der Waals surface area contributed by atoms with Crippen molar-refractivity contribution in [2.45, 2.75) is 19.6 Å². The van der Waals surface area contributed by atoms with Gasteiger partial charge < -0.3 is 15.0 Å². The number of nitrogens with one attached hydrogen (secondary N) is 2. The maximum absolute atomic E-state index is 12.6. The van der Waals surface area contributed by atoms with Gasteiger partial charge in [0.2, 0.25) is 5.43 Å². The van der Waals surface area contributed by atoms with E-state index in [0.717, 1.165) is 12.1 Å². The van der Waals surface area contributed by atoms with Gasteiger partial charge in [0.1, 0.15) is 5.56 Å². The number of hydrogen-bond acceptors (Lipinski definition) is 4. The van der Waals surface area contributed by atoms with E-state index in [2.05, 4.69) is 10.3 Å². The Kier molecular flexibility index (Phi) is 5.39. The molecule has 0 amide bonds. The van der Waals surface area contributed by atoms with E-state index in [1.54, 1.807) is 25.1 Å². The van der Waals surface area contributed by atoms with E-state index >= 15 is 0 Å². The predicted molar refractivity (Wildman–Crippen MR) is 99.3 cm³/mol. The lowest BCUT2D eigenvalue weighted by atomic mass is 10.1. The van der Waals surface area contributed by atoms with Gasteiger partial charge in [0.15, 0.2) is 0 Å². The molecule has 0 saturated heterocycles. The van der Waals surface area contributed by atoms with E-state index in [-0.39, 0.29) is 18.7 Å². The van der Waals surface area contributed by atoms with Crippen molar-refractivity contribution in [2.24, 2.45) is 0 Å². The molecule has 146 valence electrons. The summed E-state index contributed by atoms with van der Waals surface area (Å²) >= 11 is 0. The number of ether oxygens (including phenoxy) is 1. The molecule has 8 heteroatoms. The Labute approximate surface area is 158 Å². The van der Waals surface area contributed by atoms with Crippen molar-refractivity contribution in [3.8, 4) is 0 Å². The molecular formula is C20H17F3N2O3. The fraction of sp³-hybridized carbons (Fsp3) is 0.200. The average molecular weight is 390 g/mol. The molecule has 1 aromatic heterocycles. The van der Waals surface area contributed by atoms with E-state index in [1.165, 1.54) is 18.3 Å². The molecule has 0 aliphatic carbocycles. The van der Waals surface area contributed by atoms with Gasteiger partial charge in [-0.25, -0.2) is 4.79 Å². The van der Waals surface area contributed by atoms with Crippen LogP contribution in [0.5, 0.6) is 0 Å². The van der Waals surface area contributed by atoms with Crippen LogP contribution in [-0.4, -0.2) is 17.6 Å². The van der Waals surface area contributed by atoms with Crippen molar-refractivity contribution >= 4 is 22.6 Å². The minimum absolute atomic E-state index is 0.0887. The van der Waals surface area contributed by atoms with Crippen LogP contribution in [0.1, 0.15) is 28.4 Å². The lowest BCUT2D eigenvalue weighted by Gasteiger charge is -2.10. The number of carbonyl (C=O) groups excluding carboxylic acids is 1. The van der Waals surface area contributed by atoms with Crippen molar-refractivity contribution < 1.29 is 22.7 Å². The highest BCUT2D eigenvalue weighted by molar-refractivity contribution is 5.94. The number of anilines is 1. The van der Waals surface area contributed by atoms with Crippen LogP contribution >= 0.6 is 0 Å². The summed E-state index contributed by atoms with van der Waals surface area (Å²) in [4.78, 5) is 27.3. The highest BCUT2D eigenvalue weighted by Gasteiger charge is 2.29. The number of fused-ring (bicyclic) bond motifs is 1. The maximum atomic E-state index is 12.6. The first-order valence-corrected chi connectivity index (χ1v) is 8.52.